The van der Waals surface area contributed by atoms with Crippen molar-refractivity contribution >= 4 is 45.3 Å². The van der Waals surface area contributed by atoms with Crippen LogP contribution in [0.15, 0.2) is 65.6 Å². The van der Waals surface area contributed by atoms with Crippen molar-refractivity contribution in [3.63, 3.8) is 0 Å². The summed E-state index contributed by atoms with van der Waals surface area (Å²) in [5.74, 6) is 0.247. The summed E-state index contributed by atoms with van der Waals surface area (Å²) in [6.45, 7) is 3.91. The first kappa shape index (κ1) is 27.1. The molecule has 1 atom stereocenters. The molecule has 1 unspecified atom stereocenters. The van der Waals surface area contributed by atoms with Gasteiger partial charge in [0.1, 0.15) is 17.0 Å². The molecular weight excluding hydrogens is 505 g/mol. The number of carbonyl (C=O) groups is 2. The number of carbonyl (C=O) groups excluding carboxylic acids is 2. The third-order valence-electron chi connectivity index (χ3n) is 5.82. The van der Waals surface area contributed by atoms with Gasteiger partial charge in [-0.15, -0.1) is 0 Å². The van der Waals surface area contributed by atoms with Crippen molar-refractivity contribution in [3.8, 4) is 11.1 Å². The maximum Gasteiger partial charge on any atom is 0.244 e. The average molecular weight is 532 g/mol. The molecule has 1 N–H and O–H groups in total. The summed E-state index contributed by atoms with van der Waals surface area (Å²) < 4.78 is 28.0. The van der Waals surface area contributed by atoms with Crippen LogP contribution in [0.5, 0.6) is 0 Å². The number of halogens is 2. The van der Waals surface area contributed by atoms with Gasteiger partial charge in [-0.25, -0.2) is 13.1 Å². The monoisotopic (exact) mass is 531 g/mol. The van der Waals surface area contributed by atoms with E-state index in [4.69, 9.17) is 23.2 Å². The highest BCUT2D eigenvalue weighted by molar-refractivity contribution is 7.89. The van der Waals surface area contributed by atoms with Crippen LogP contribution in [0.4, 0.5) is 0 Å². The van der Waals surface area contributed by atoms with Gasteiger partial charge in [0.15, 0.2) is 0 Å². The van der Waals surface area contributed by atoms with Crippen LogP contribution < -0.4 is 4.72 Å². The third-order valence-corrected chi connectivity index (χ3v) is 8.26. The van der Waals surface area contributed by atoms with Gasteiger partial charge in [-0.05, 0) is 59.7 Å². The van der Waals surface area contributed by atoms with Gasteiger partial charge in [-0.1, -0.05) is 78.7 Å². The lowest BCUT2D eigenvalue weighted by molar-refractivity contribution is -0.118. The molecule has 0 saturated heterocycles. The lowest BCUT2D eigenvalue weighted by Gasteiger charge is -2.15. The van der Waals surface area contributed by atoms with E-state index in [1.165, 1.54) is 12.1 Å². The second kappa shape index (κ2) is 12.0. The number of sulfonamides is 1. The number of nitrogens with one attached hydrogen (secondary N) is 1. The van der Waals surface area contributed by atoms with E-state index in [9.17, 15) is 18.0 Å². The van der Waals surface area contributed by atoms with Crippen LogP contribution >= 0.6 is 23.2 Å². The highest BCUT2D eigenvalue weighted by Crippen LogP contribution is 2.29. The van der Waals surface area contributed by atoms with Crippen molar-refractivity contribution < 1.29 is 18.0 Å². The topological polar surface area (TPSA) is 80.3 Å². The summed E-state index contributed by atoms with van der Waals surface area (Å²) in [6.07, 6.45) is 2.51. The highest BCUT2D eigenvalue weighted by Gasteiger charge is 2.25. The molecule has 0 bridgehead atoms. The molecule has 5 nitrogen and oxygen atoms in total. The molecule has 0 fully saturated rings. The normalized spacial score (nSPS) is 12.3. The Kier molecular flexibility index (Phi) is 9.25. The largest absolute Gasteiger partial charge is 0.302 e. The van der Waals surface area contributed by atoms with Gasteiger partial charge in [0.25, 0.3) is 0 Å². The van der Waals surface area contributed by atoms with Crippen LogP contribution in [0.25, 0.3) is 11.1 Å². The summed E-state index contributed by atoms with van der Waals surface area (Å²) in [4.78, 5) is 23.1. The maximum atomic E-state index is 12.8. The van der Waals surface area contributed by atoms with E-state index in [0.717, 1.165) is 27.8 Å². The minimum Gasteiger partial charge on any atom is -0.302 e. The highest BCUT2D eigenvalue weighted by atomic mass is 35.5. The molecule has 0 aliphatic rings. The van der Waals surface area contributed by atoms with Crippen LogP contribution in [0.3, 0.4) is 0 Å². The molecule has 8 heteroatoms. The third kappa shape index (κ3) is 7.01. The summed E-state index contributed by atoms with van der Waals surface area (Å²) >= 11 is 12.1. The first-order valence-electron chi connectivity index (χ1n) is 11.3. The number of aldehydes is 1. The Labute approximate surface area is 216 Å². The number of hydrogen-bond acceptors (Lipinski definition) is 4. The molecule has 0 radical (unpaired) electrons. The van der Waals surface area contributed by atoms with E-state index < -0.39 is 16.1 Å². The zero-order valence-electron chi connectivity index (χ0n) is 19.6. The predicted octanol–water partition coefficient (Wildman–Crippen LogP) is 5.97. The van der Waals surface area contributed by atoms with E-state index >= 15 is 0 Å². The lowest BCUT2D eigenvalue weighted by Crippen LogP contribution is -2.37. The molecule has 0 aromatic heterocycles. The van der Waals surface area contributed by atoms with Crippen LogP contribution in [0.2, 0.25) is 10.0 Å². The molecule has 3 aromatic carbocycles. The number of ketones is 1. The van der Waals surface area contributed by atoms with Crippen molar-refractivity contribution in [1.82, 2.24) is 4.72 Å². The molecular formula is C27H27Cl2NO4S. The smallest absolute Gasteiger partial charge is 0.244 e. The number of hydrogen-bond donors (Lipinski definition) is 1. The summed E-state index contributed by atoms with van der Waals surface area (Å²) in [7, 11) is -4.10. The van der Waals surface area contributed by atoms with Gasteiger partial charge in [0.2, 0.25) is 10.0 Å². The zero-order chi connectivity index (χ0) is 25.6. The standard InChI is InChI=1S/C27H27Cl2NO4S/c1-3-24(32)14-13-21-16-22(10-7-18(21)2)20-11-8-19(9-12-20)15-23(17-31)30-35(33,34)27-25(28)5-4-6-26(27)29/h4-12,16-17,23,30H,3,13-15H2,1-2H3. The van der Waals surface area contributed by atoms with Crippen molar-refractivity contribution in [2.45, 2.75) is 50.5 Å². The zero-order valence-corrected chi connectivity index (χ0v) is 21.9. The first-order valence-corrected chi connectivity index (χ1v) is 13.5. The Morgan fingerprint density at radius 1 is 1.00 bits per heavy atom. The van der Waals surface area contributed by atoms with E-state index in [1.807, 2.05) is 50.2 Å². The van der Waals surface area contributed by atoms with Crippen molar-refractivity contribution in [2.75, 3.05) is 0 Å². The van der Waals surface area contributed by atoms with E-state index in [1.54, 1.807) is 6.07 Å². The van der Waals surface area contributed by atoms with Crippen molar-refractivity contribution in [2.24, 2.45) is 0 Å². The Morgan fingerprint density at radius 3 is 2.23 bits per heavy atom. The second-order valence-corrected chi connectivity index (χ2v) is 10.8. The molecule has 0 aliphatic heterocycles. The summed E-state index contributed by atoms with van der Waals surface area (Å²) in [6, 6.07) is 17.2. The fraction of sp³-hybridized carbons (Fsp3) is 0.259. The fourth-order valence-electron chi connectivity index (χ4n) is 3.77. The Balaban J connectivity index is 1.74. The molecule has 0 spiro atoms. The van der Waals surface area contributed by atoms with Crippen LogP contribution in [0.1, 0.15) is 36.5 Å². The van der Waals surface area contributed by atoms with Gasteiger partial charge in [-0.2, -0.15) is 0 Å². The molecule has 35 heavy (non-hydrogen) atoms. The maximum absolute atomic E-state index is 12.8. The average Bonchev–Trinajstić information content (AvgIpc) is 2.83. The van der Waals surface area contributed by atoms with Gasteiger partial charge < -0.3 is 4.79 Å². The number of rotatable bonds is 11. The second-order valence-electron chi connectivity index (χ2n) is 8.35. The molecule has 0 aliphatic carbocycles. The summed E-state index contributed by atoms with van der Waals surface area (Å²) in [5, 5.41) is -0.0361. The van der Waals surface area contributed by atoms with Gasteiger partial charge in [0.05, 0.1) is 16.1 Å². The lowest BCUT2D eigenvalue weighted by atomic mass is 9.95. The van der Waals surface area contributed by atoms with Gasteiger partial charge in [0, 0.05) is 12.8 Å². The van der Waals surface area contributed by atoms with E-state index in [-0.39, 0.29) is 27.1 Å². The van der Waals surface area contributed by atoms with Crippen LogP contribution in [0, 0.1) is 6.92 Å². The number of benzene rings is 3. The van der Waals surface area contributed by atoms with Crippen LogP contribution in [-0.2, 0) is 32.5 Å². The SMILES string of the molecule is CCC(=O)CCc1cc(-c2ccc(CC(C=O)NS(=O)(=O)c3c(Cl)cccc3Cl)cc2)ccc1C. The van der Waals surface area contributed by atoms with Crippen LogP contribution in [-0.4, -0.2) is 26.5 Å². The number of aryl methyl sites for hydroxylation is 2. The number of Topliss-reactive ketones (excluding diaryl/α,β-unsaturated/α-hetero) is 1. The predicted molar refractivity (Wildman–Crippen MR) is 141 cm³/mol. The molecule has 0 saturated carbocycles. The molecule has 184 valence electrons. The molecule has 3 rings (SSSR count). The Bertz CT molecular complexity index is 1300. The molecule has 0 amide bonds. The Morgan fingerprint density at radius 2 is 1.63 bits per heavy atom. The fourth-order valence-corrected chi connectivity index (χ4v) is 6.09. The summed E-state index contributed by atoms with van der Waals surface area (Å²) in [5.41, 5.74) is 5.10. The quantitative estimate of drug-likeness (QED) is 0.309. The Hall–Kier alpha value is -2.51. The molecule has 3 aromatic rings. The van der Waals surface area contributed by atoms with Crippen molar-refractivity contribution in [1.29, 1.82) is 0 Å². The van der Waals surface area contributed by atoms with E-state index in [0.29, 0.717) is 25.5 Å². The van der Waals surface area contributed by atoms with E-state index in [2.05, 4.69) is 10.8 Å². The van der Waals surface area contributed by atoms with Gasteiger partial charge >= 0.3 is 0 Å². The minimum absolute atomic E-state index is 0.0180. The first-order chi connectivity index (χ1) is 16.6. The van der Waals surface area contributed by atoms with Crippen molar-refractivity contribution in [3.05, 3.63) is 87.4 Å². The van der Waals surface area contributed by atoms with Gasteiger partial charge in [-0.3, -0.25) is 4.79 Å². The minimum atomic E-state index is -4.10. The molecule has 0 heterocycles.